The fraction of sp³-hybridized carbons (Fsp3) is 0.571. The van der Waals surface area contributed by atoms with Gasteiger partial charge in [0.25, 0.3) is 0 Å². The number of hydrogen-bond acceptors (Lipinski definition) is 5. The molecule has 108 valence electrons. The van der Waals surface area contributed by atoms with Gasteiger partial charge in [-0.1, -0.05) is 13.0 Å². The molecule has 0 saturated heterocycles. The average Bonchev–Trinajstić information content (AvgIpc) is 2.88. The van der Waals surface area contributed by atoms with Crippen molar-refractivity contribution in [3.05, 3.63) is 35.9 Å². The zero-order valence-electron chi connectivity index (χ0n) is 12.2. The van der Waals surface area contributed by atoms with E-state index >= 15 is 0 Å². The number of pyridine rings is 1. The Balaban J connectivity index is 1.89. The largest absolute Gasteiger partial charge is 0.314 e. The number of tetrazole rings is 1. The molecular weight excluding hydrogens is 252 g/mol. The molecule has 0 spiro atoms. The minimum absolute atomic E-state index is 0.362. The molecule has 0 saturated carbocycles. The van der Waals surface area contributed by atoms with E-state index in [-0.39, 0.29) is 0 Å². The highest BCUT2D eigenvalue weighted by Crippen LogP contribution is 2.06. The Kier molecular flexibility index (Phi) is 5.61. The van der Waals surface area contributed by atoms with E-state index in [1.165, 1.54) is 4.80 Å². The maximum Gasteiger partial charge on any atom is 0.176 e. The summed E-state index contributed by atoms with van der Waals surface area (Å²) in [5.74, 6) is 0.794. The van der Waals surface area contributed by atoms with Crippen LogP contribution in [0.1, 0.15) is 31.3 Å². The minimum Gasteiger partial charge on any atom is -0.314 e. The highest BCUT2D eigenvalue weighted by atomic mass is 15.6. The molecule has 1 atom stereocenters. The highest BCUT2D eigenvalue weighted by Gasteiger charge is 2.12. The molecule has 20 heavy (non-hydrogen) atoms. The lowest BCUT2D eigenvalue weighted by Gasteiger charge is -2.16. The van der Waals surface area contributed by atoms with Gasteiger partial charge in [0.15, 0.2) is 5.82 Å². The van der Waals surface area contributed by atoms with Crippen molar-refractivity contribution in [1.29, 1.82) is 0 Å². The monoisotopic (exact) mass is 274 g/mol. The molecule has 0 fully saturated rings. The summed E-state index contributed by atoms with van der Waals surface area (Å²) in [5, 5.41) is 15.8. The Morgan fingerprint density at radius 1 is 1.35 bits per heavy atom. The van der Waals surface area contributed by atoms with Crippen LogP contribution in [-0.4, -0.2) is 37.8 Å². The fourth-order valence-electron chi connectivity index (χ4n) is 2.12. The van der Waals surface area contributed by atoms with Crippen LogP contribution in [0.4, 0.5) is 0 Å². The van der Waals surface area contributed by atoms with Gasteiger partial charge in [-0.3, -0.25) is 4.98 Å². The Bertz CT molecular complexity index is 495. The van der Waals surface area contributed by atoms with E-state index in [0.717, 1.165) is 43.7 Å². The van der Waals surface area contributed by atoms with E-state index in [9.17, 15) is 0 Å². The van der Waals surface area contributed by atoms with Crippen LogP contribution >= 0.6 is 0 Å². The topological polar surface area (TPSA) is 68.5 Å². The van der Waals surface area contributed by atoms with Crippen LogP contribution in [0.3, 0.4) is 0 Å². The summed E-state index contributed by atoms with van der Waals surface area (Å²) < 4.78 is 0. The van der Waals surface area contributed by atoms with Crippen molar-refractivity contribution in [1.82, 2.24) is 30.5 Å². The number of aryl methyl sites for hydroxylation is 2. The van der Waals surface area contributed by atoms with Gasteiger partial charge in [-0.15, -0.1) is 10.2 Å². The normalized spacial score (nSPS) is 12.5. The third kappa shape index (κ3) is 4.70. The zero-order chi connectivity index (χ0) is 14.2. The first kappa shape index (κ1) is 14.6. The number of nitrogens with one attached hydrogen (secondary N) is 1. The first-order valence-electron chi connectivity index (χ1n) is 7.14. The first-order valence-corrected chi connectivity index (χ1v) is 7.14. The van der Waals surface area contributed by atoms with Crippen LogP contribution in [-0.2, 0) is 19.9 Å². The molecule has 0 aliphatic rings. The Hall–Kier alpha value is -1.82. The van der Waals surface area contributed by atoms with Crippen molar-refractivity contribution in [3.63, 3.8) is 0 Å². The van der Waals surface area contributed by atoms with Crippen LogP contribution < -0.4 is 5.32 Å². The Morgan fingerprint density at radius 3 is 2.90 bits per heavy atom. The summed E-state index contributed by atoms with van der Waals surface area (Å²) in [4.78, 5) is 5.87. The molecule has 0 radical (unpaired) electrons. The van der Waals surface area contributed by atoms with Crippen molar-refractivity contribution in [3.8, 4) is 0 Å². The molecule has 1 unspecified atom stereocenters. The standard InChI is InChI=1S/C14H22N6/c1-3-9-15-13(11-14-17-19-20(2)18-14)8-7-12-6-4-5-10-16-12/h4-6,10,13,15H,3,7-9,11H2,1-2H3. The lowest BCUT2D eigenvalue weighted by atomic mass is 10.1. The van der Waals surface area contributed by atoms with Crippen LogP contribution in [0.5, 0.6) is 0 Å². The Morgan fingerprint density at radius 2 is 2.25 bits per heavy atom. The molecule has 6 heteroatoms. The van der Waals surface area contributed by atoms with E-state index in [2.05, 4.69) is 38.7 Å². The van der Waals surface area contributed by atoms with Crippen molar-refractivity contribution in [2.75, 3.05) is 6.54 Å². The molecular formula is C14H22N6. The van der Waals surface area contributed by atoms with Gasteiger partial charge in [-0.25, -0.2) is 0 Å². The minimum atomic E-state index is 0.362. The predicted molar refractivity (Wildman–Crippen MR) is 77.1 cm³/mol. The van der Waals surface area contributed by atoms with E-state index in [0.29, 0.717) is 6.04 Å². The van der Waals surface area contributed by atoms with Gasteiger partial charge in [0, 0.05) is 24.4 Å². The molecule has 0 aromatic carbocycles. The number of nitrogens with zero attached hydrogens (tertiary/aromatic N) is 5. The first-order chi connectivity index (χ1) is 9.78. The molecule has 2 heterocycles. The summed E-state index contributed by atoms with van der Waals surface area (Å²) in [6.45, 7) is 3.18. The second-order valence-corrected chi connectivity index (χ2v) is 4.91. The molecule has 2 aromatic heterocycles. The molecule has 6 nitrogen and oxygen atoms in total. The molecule has 0 bridgehead atoms. The number of aromatic nitrogens is 5. The second-order valence-electron chi connectivity index (χ2n) is 4.91. The lowest BCUT2D eigenvalue weighted by Crippen LogP contribution is -2.32. The third-order valence-electron chi connectivity index (χ3n) is 3.14. The highest BCUT2D eigenvalue weighted by molar-refractivity contribution is 5.04. The van der Waals surface area contributed by atoms with Crippen molar-refractivity contribution in [2.24, 2.45) is 7.05 Å². The van der Waals surface area contributed by atoms with Gasteiger partial charge in [0.05, 0.1) is 7.05 Å². The van der Waals surface area contributed by atoms with E-state index in [4.69, 9.17) is 0 Å². The SMILES string of the molecule is CCCNC(CCc1ccccn1)Cc1nnn(C)n1. The smallest absolute Gasteiger partial charge is 0.176 e. The summed E-state index contributed by atoms with van der Waals surface area (Å²) >= 11 is 0. The van der Waals surface area contributed by atoms with Gasteiger partial charge >= 0.3 is 0 Å². The number of hydrogen-bond donors (Lipinski definition) is 1. The summed E-state index contributed by atoms with van der Waals surface area (Å²) in [6, 6.07) is 6.40. The van der Waals surface area contributed by atoms with Gasteiger partial charge in [0.2, 0.25) is 0 Å². The quantitative estimate of drug-likeness (QED) is 0.782. The summed E-state index contributed by atoms with van der Waals surface area (Å²) in [5.41, 5.74) is 1.13. The molecule has 2 rings (SSSR count). The van der Waals surface area contributed by atoms with Crippen LogP contribution in [0.2, 0.25) is 0 Å². The van der Waals surface area contributed by atoms with E-state index in [1.807, 2.05) is 18.3 Å². The van der Waals surface area contributed by atoms with E-state index < -0.39 is 0 Å². The van der Waals surface area contributed by atoms with E-state index in [1.54, 1.807) is 7.05 Å². The maximum atomic E-state index is 4.37. The lowest BCUT2D eigenvalue weighted by molar-refractivity contribution is 0.466. The third-order valence-corrected chi connectivity index (χ3v) is 3.14. The molecule has 0 aliphatic heterocycles. The maximum absolute atomic E-state index is 4.37. The van der Waals surface area contributed by atoms with Crippen molar-refractivity contribution >= 4 is 0 Å². The molecule has 0 aliphatic carbocycles. The predicted octanol–water partition coefficient (Wildman–Crippen LogP) is 1.15. The van der Waals surface area contributed by atoms with Crippen LogP contribution in [0.15, 0.2) is 24.4 Å². The summed E-state index contributed by atoms with van der Waals surface area (Å²) in [7, 11) is 1.79. The van der Waals surface area contributed by atoms with Gasteiger partial charge in [-0.2, -0.15) is 4.80 Å². The van der Waals surface area contributed by atoms with Crippen molar-refractivity contribution in [2.45, 2.75) is 38.6 Å². The van der Waals surface area contributed by atoms with Crippen LogP contribution in [0, 0.1) is 0 Å². The van der Waals surface area contributed by atoms with Gasteiger partial charge in [-0.05, 0) is 43.2 Å². The summed E-state index contributed by atoms with van der Waals surface area (Å²) in [6.07, 6.45) is 5.75. The molecule has 1 N–H and O–H groups in total. The van der Waals surface area contributed by atoms with Gasteiger partial charge < -0.3 is 5.32 Å². The van der Waals surface area contributed by atoms with Crippen LogP contribution in [0.25, 0.3) is 0 Å². The fourth-order valence-corrected chi connectivity index (χ4v) is 2.12. The number of rotatable bonds is 8. The van der Waals surface area contributed by atoms with Gasteiger partial charge in [0.1, 0.15) is 0 Å². The molecule has 0 amide bonds. The molecule has 2 aromatic rings. The Labute approximate surface area is 119 Å². The van der Waals surface area contributed by atoms with Crippen molar-refractivity contribution < 1.29 is 0 Å². The average molecular weight is 274 g/mol. The second kappa shape index (κ2) is 7.69. The zero-order valence-corrected chi connectivity index (χ0v) is 12.2.